The number of hydrogen-bond acceptors (Lipinski definition) is 8. The van der Waals surface area contributed by atoms with Crippen LogP contribution in [0.4, 0.5) is 11.4 Å². The molecule has 0 bridgehead atoms. The predicted octanol–water partition coefficient (Wildman–Crippen LogP) is 3.01. The molecule has 0 aliphatic carbocycles. The predicted molar refractivity (Wildman–Crippen MR) is 132 cm³/mol. The first-order valence-electron chi connectivity index (χ1n) is 10.8. The topological polar surface area (TPSA) is 95.1 Å². The number of sulfone groups is 1. The minimum atomic E-state index is -3.23. The molecule has 186 valence electrons. The number of alkyl halides is 1. The fourth-order valence-electron chi connectivity index (χ4n) is 3.21. The molecule has 0 fully saturated rings. The van der Waals surface area contributed by atoms with Crippen molar-refractivity contribution < 1.29 is 27.4 Å². The van der Waals surface area contributed by atoms with Gasteiger partial charge in [-0.25, -0.2) is 8.42 Å². The number of fused-ring (bicyclic) bond motifs is 1. The fourth-order valence-corrected chi connectivity index (χ4v) is 4.81. The van der Waals surface area contributed by atoms with Crippen LogP contribution < -0.4 is 10.6 Å². The molecule has 1 aliphatic rings. The molecular weight excluding hydrogens is 491 g/mol. The van der Waals surface area contributed by atoms with Gasteiger partial charge in [0, 0.05) is 5.02 Å². The quantitative estimate of drug-likeness (QED) is 0.172. The van der Waals surface area contributed by atoms with Gasteiger partial charge in [0.2, 0.25) is 0 Å². The maximum atomic E-state index is 12.3. The Hall–Kier alpha value is -1.25. The average molecular weight is 523 g/mol. The zero-order valence-corrected chi connectivity index (χ0v) is 20.9. The fraction of sp³-hybridized carbons (Fsp3) is 0.636. The van der Waals surface area contributed by atoms with Crippen LogP contribution in [0.5, 0.6) is 0 Å². The smallest absolute Gasteiger partial charge is 0.152 e. The van der Waals surface area contributed by atoms with E-state index in [1.807, 2.05) is 12.1 Å². The zero-order chi connectivity index (χ0) is 24.0. The van der Waals surface area contributed by atoms with E-state index in [1.54, 1.807) is 6.07 Å². The van der Waals surface area contributed by atoms with Gasteiger partial charge in [-0.15, -0.1) is 18.0 Å². The normalized spacial score (nSPS) is 17.2. The number of hydrogen-bond donors (Lipinski definition) is 2. The number of nitrogens with one attached hydrogen (secondary N) is 2. The van der Waals surface area contributed by atoms with E-state index in [-0.39, 0.29) is 30.6 Å². The highest BCUT2D eigenvalue weighted by Crippen LogP contribution is 2.38. The van der Waals surface area contributed by atoms with Crippen LogP contribution in [-0.4, -0.2) is 84.3 Å². The lowest BCUT2D eigenvalue weighted by atomic mass is 10.1. The molecule has 2 rings (SSSR count). The monoisotopic (exact) mass is 522 g/mol. The van der Waals surface area contributed by atoms with E-state index in [0.717, 1.165) is 11.4 Å². The molecule has 8 nitrogen and oxygen atoms in total. The molecule has 0 saturated heterocycles. The Morgan fingerprint density at radius 1 is 0.909 bits per heavy atom. The standard InChI is InChI=1S/C22H32Cl2N2O6S/c1-2-7-29-8-9-30-10-11-31-12-13-32-14-16-33(27,28)15-3-6-22(18-23)25-20-5-4-19(24)17-21(20)26-22/h1,4-5,17,25-26H,3,6-16,18H2. The Bertz CT molecular complexity index is 865. The number of terminal acetylenes is 1. The van der Waals surface area contributed by atoms with Crippen molar-refractivity contribution in [3.8, 4) is 12.3 Å². The lowest BCUT2D eigenvalue weighted by Crippen LogP contribution is -2.44. The van der Waals surface area contributed by atoms with Crippen molar-refractivity contribution in [2.75, 3.05) is 80.9 Å². The third-order valence-electron chi connectivity index (χ3n) is 4.86. The minimum Gasteiger partial charge on any atom is -0.378 e. The van der Waals surface area contributed by atoms with Gasteiger partial charge in [-0.05, 0) is 31.0 Å². The summed E-state index contributed by atoms with van der Waals surface area (Å²) in [5, 5.41) is 7.31. The van der Waals surface area contributed by atoms with Gasteiger partial charge in [-0.1, -0.05) is 17.5 Å². The molecule has 33 heavy (non-hydrogen) atoms. The van der Waals surface area contributed by atoms with Crippen molar-refractivity contribution >= 4 is 44.4 Å². The first kappa shape index (κ1) is 28.0. The molecule has 1 aromatic carbocycles. The van der Waals surface area contributed by atoms with E-state index >= 15 is 0 Å². The second kappa shape index (κ2) is 14.9. The zero-order valence-electron chi connectivity index (χ0n) is 18.6. The van der Waals surface area contributed by atoms with Crippen LogP contribution >= 0.6 is 23.2 Å². The van der Waals surface area contributed by atoms with Gasteiger partial charge in [-0.2, -0.15) is 0 Å². The maximum Gasteiger partial charge on any atom is 0.152 e. The molecule has 0 radical (unpaired) electrons. The highest BCUT2D eigenvalue weighted by molar-refractivity contribution is 7.91. The molecular formula is C22H32Cl2N2O6S. The summed E-state index contributed by atoms with van der Waals surface area (Å²) in [7, 11) is -3.23. The summed E-state index contributed by atoms with van der Waals surface area (Å²) in [5.74, 6) is 2.69. The van der Waals surface area contributed by atoms with Crippen molar-refractivity contribution in [2.45, 2.75) is 18.5 Å². The van der Waals surface area contributed by atoms with Crippen LogP contribution in [-0.2, 0) is 28.8 Å². The van der Waals surface area contributed by atoms with E-state index in [0.29, 0.717) is 57.5 Å². The Kier molecular flexibility index (Phi) is 12.6. The molecule has 1 aromatic rings. The summed E-state index contributed by atoms with van der Waals surface area (Å²) >= 11 is 12.2. The van der Waals surface area contributed by atoms with Gasteiger partial charge in [-0.3, -0.25) is 0 Å². The Balaban J connectivity index is 1.51. The number of halogens is 2. The van der Waals surface area contributed by atoms with Crippen LogP contribution in [0.15, 0.2) is 18.2 Å². The molecule has 2 N–H and O–H groups in total. The van der Waals surface area contributed by atoms with Crippen LogP contribution in [0.3, 0.4) is 0 Å². The molecule has 1 atom stereocenters. The van der Waals surface area contributed by atoms with Crippen LogP contribution in [0, 0.1) is 12.3 Å². The van der Waals surface area contributed by atoms with Crippen LogP contribution in [0.1, 0.15) is 12.8 Å². The van der Waals surface area contributed by atoms with Gasteiger partial charge in [0.05, 0.1) is 75.0 Å². The van der Waals surface area contributed by atoms with Gasteiger partial charge >= 0.3 is 0 Å². The van der Waals surface area contributed by atoms with Crippen molar-refractivity contribution in [2.24, 2.45) is 0 Å². The average Bonchev–Trinajstić information content (AvgIpc) is 3.15. The first-order chi connectivity index (χ1) is 15.9. The summed E-state index contributed by atoms with van der Waals surface area (Å²) < 4.78 is 45.8. The minimum absolute atomic E-state index is 0.0294. The Labute approximate surface area is 206 Å². The van der Waals surface area contributed by atoms with E-state index in [4.69, 9.17) is 48.6 Å². The number of rotatable bonds is 18. The van der Waals surface area contributed by atoms with Crippen molar-refractivity contribution in [3.05, 3.63) is 23.2 Å². The summed E-state index contributed by atoms with van der Waals surface area (Å²) in [6.07, 6.45) is 6.08. The molecule has 0 saturated carbocycles. The highest BCUT2D eigenvalue weighted by atomic mass is 35.5. The highest BCUT2D eigenvalue weighted by Gasteiger charge is 2.35. The van der Waals surface area contributed by atoms with Gasteiger partial charge < -0.3 is 29.6 Å². The van der Waals surface area contributed by atoms with Crippen LogP contribution in [0.2, 0.25) is 5.02 Å². The van der Waals surface area contributed by atoms with Gasteiger partial charge in [0.25, 0.3) is 0 Å². The number of benzene rings is 1. The van der Waals surface area contributed by atoms with E-state index < -0.39 is 15.5 Å². The first-order valence-corrected chi connectivity index (χ1v) is 13.5. The molecule has 0 aromatic heterocycles. The Morgan fingerprint density at radius 3 is 2.15 bits per heavy atom. The van der Waals surface area contributed by atoms with Crippen LogP contribution in [0.25, 0.3) is 0 Å². The molecule has 1 heterocycles. The summed E-state index contributed by atoms with van der Waals surface area (Å²) in [6, 6.07) is 5.49. The number of ether oxygens (including phenoxy) is 4. The SMILES string of the molecule is C#CCOCCOCCOCCOCCS(=O)(=O)CCCC1(CCl)Nc2ccc(Cl)cc2N1. The second-order valence-corrected chi connectivity index (χ2v) is 10.5. The molecule has 1 unspecified atom stereocenters. The third kappa shape index (κ3) is 10.7. The molecule has 0 amide bonds. The third-order valence-corrected chi connectivity index (χ3v) is 7.25. The van der Waals surface area contributed by atoms with E-state index in [9.17, 15) is 8.42 Å². The van der Waals surface area contributed by atoms with E-state index in [1.165, 1.54) is 0 Å². The van der Waals surface area contributed by atoms with Crippen molar-refractivity contribution in [3.63, 3.8) is 0 Å². The second-order valence-electron chi connectivity index (χ2n) is 7.50. The van der Waals surface area contributed by atoms with Crippen molar-refractivity contribution in [1.82, 2.24) is 0 Å². The van der Waals surface area contributed by atoms with Crippen molar-refractivity contribution in [1.29, 1.82) is 0 Å². The Morgan fingerprint density at radius 2 is 1.52 bits per heavy atom. The molecule has 11 heteroatoms. The summed E-state index contributed by atoms with van der Waals surface area (Å²) in [4.78, 5) is 0. The lowest BCUT2D eigenvalue weighted by Gasteiger charge is -2.28. The maximum absolute atomic E-state index is 12.3. The summed E-state index contributed by atoms with van der Waals surface area (Å²) in [6.45, 7) is 2.89. The molecule has 0 spiro atoms. The number of anilines is 2. The largest absolute Gasteiger partial charge is 0.378 e. The van der Waals surface area contributed by atoms with Gasteiger partial charge in [0.15, 0.2) is 9.84 Å². The van der Waals surface area contributed by atoms with Gasteiger partial charge in [0.1, 0.15) is 12.3 Å². The molecule has 1 aliphatic heterocycles. The summed E-state index contributed by atoms with van der Waals surface area (Å²) in [5.41, 5.74) is 1.18. The van der Waals surface area contributed by atoms with E-state index in [2.05, 4.69) is 16.6 Å². The lowest BCUT2D eigenvalue weighted by molar-refractivity contribution is 0.00302.